The van der Waals surface area contributed by atoms with Crippen molar-refractivity contribution >= 4 is 26.0 Å². The number of fused-ring (bicyclic) bond motifs is 1. The molecule has 2 aromatic rings. The fourth-order valence-corrected chi connectivity index (χ4v) is 6.66. The molecule has 0 fully saturated rings. The monoisotopic (exact) mass is 509 g/mol. The van der Waals surface area contributed by atoms with Gasteiger partial charge in [0.15, 0.2) is 0 Å². The summed E-state index contributed by atoms with van der Waals surface area (Å²) in [5, 5.41) is 2.61. The lowest BCUT2D eigenvalue weighted by Gasteiger charge is -2.28. The summed E-state index contributed by atoms with van der Waals surface area (Å²) in [6.07, 6.45) is 0.598. The normalized spacial score (nSPS) is 14.6. The number of methoxy groups -OCH3 is 1. The van der Waals surface area contributed by atoms with Crippen LogP contribution in [0.5, 0.6) is 5.75 Å². The van der Waals surface area contributed by atoms with Crippen LogP contribution in [0.1, 0.15) is 35.3 Å². The van der Waals surface area contributed by atoms with Crippen LogP contribution in [0.3, 0.4) is 0 Å². The number of hydrogen-bond donors (Lipinski definition) is 1. The van der Waals surface area contributed by atoms with Gasteiger partial charge in [-0.15, -0.1) is 0 Å². The van der Waals surface area contributed by atoms with Crippen molar-refractivity contribution in [2.75, 3.05) is 39.0 Å². The summed E-state index contributed by atoms with van der Waals surface area (Å²) < 4.78 is 58.7. The highest BCUT2D eigenvalue weighted by Crippen LogP contribution is 2.25. The van der Waals surface area contributed by atoms with E-state index < -0.39 is 26.0 Å². The smallest absolute Gasteiger partial charge is 0.251 e. The maximum absolute atomic E-state index is 12.8. The number of amides is 1. The SMILES string of the molecule is CCN(CC)S(=O)(=O)c1ccc(C(=O)NCCS(=O)(=O)N2CCc3cc(OC)ccc3C2)cc1. The van der Waals surface area contributed by atoms with Gasteiger partial charge in [0.25, 0.3) is 5.91 Å². The molecule has 1 amide bonds. The first-order valence-electron chi connectivity index (χ1n) is 11.1. The number of ether oxygens (including phenoxy) is 1. The highest BCUT2D eigenvalue weighted by molar-refractivity contribution is 7.89. The molecule has 2 aromatic carbocycles. The summed E-state index contributed by atoms with van der Waals surface area (Å²) in [5.41, 5.74) is 2.28. The minimum Gasteiger partial charge on any atom is -0.497 e. The highest BCUT2D eigenvalue weighted by atomic mass is 32.2. The molecular weight excluding hydrogens is 478 g/mol. The Balaban J connectivity index is 1.57. The van der Waals surface area contributed by atoms with Crippen molar-refractivity contribution in [3.05, 3.63) is 59.2 Å². The van der Waals surface area contributed by atoms with Crippen molar-refractivity contribution in [3.8, 4) is 5.75 Å². The Morgan fingerprint density at radius 3 is 2.32 bits per heavy atom. The molecule has 0 aromatic heterocycles. The van der Waals surface area contributed by atoms with Gasteiger partial charge in [0.2, 0.25) is 20.0 Å². The van der Waals surface area contributed by atoms with Gasteiger partial charge < -0.3 is 10.1 Å². The lowest BCUT2D eigenvalue weighted by atomic mass is 10.0. The number of nitrogens with one attached hydrogen (secondary N) is 1. The molecule has 186 valence electrons. The number of carbonyl (C=O) groups is 1. The zero-order valence-corrected chi connectivity index (χ0v) is 21.3. The second kappa shape index (κ2) is 10.9. The molecule has 9 nitrogen and oxygen atoms in total. The van der Waals surface area contributed by atoms with Crippen molar-refractivity contribution in [2.45, 2.75) is 31.7 Å². The van der Waals surface area contributed by atoms with E-state index in [1.807, 2.05) is 18.2 Å². The van der Waals surface area contributed by atoms with E-state index in [4.69, 9.17) is 4.74 Å². The minimum atomic E-state index is -3.61. The topological polar surface area (TPSA) is 113 Å². The summed E-state index contributed by atoms with van der Waals surface area (Å²) in [6.45, 7) is 4.84. The first kappa shape index (κ1) is 26.1. The van der Waals surface area contributed by atoms with E-state index in [0.29, 0.717) is 26.1 Å². The lowest BCUT2D eigenvalue weighted by Crippen LogP contribution is -2.40. The molecule has 34 heavy (non-hydrogen) atoms. The molecule has 1 aliphatic heterocycles. The Hall–Kier alpha value is -2.47. The predicted octanol–water partition coefficient (Wildman–Crippen LogP) is 1.84. The van der Waals surface area contributed by atoms with Gasteiger partial charge in [-0.1, -0.05) is 19.9 Å². The summed E-state index contributed by atoms with van der Waals surface area (Å²) in [4.78, 5) is 12.6. The van der Waals surface area contributed by atoms with E-state index >= 15 is 0 Å². The Kier molecular flexibility index (Phi) is 8.34. The van der Waals surface area contributed by atoms with Crippen molar-refractivity contribution < 1.29 is 26.4 Å². The largest absolute Gasteiger partial charge is 0.497 e. The van der Waals surface area contributed by atoms with Gasteiger partial charge in [-0.3, -0.25) is 4.79 Å². The van der Waals surface area contributed by atoms with Crippen molar-refractivity contribution in [1.29, 1.82) is 0 Å². The lowest BCUT2D eigenvalue weighted by molar-refractivity contribution is 0.0956. The standard InChI is InChI=1S/C23H31N3O6S2/c1-4-25(5-2)34(30,31)22-10-7-18(8-11-22)23(27)24-13-15-33(28,29)26-14-12-19-16-21(32-3)9-6-20(19)17-26/h6-11,16H,4-5,12-15,17H2,1-3H3,(H,24,27). The molecular formula is C23H31N3O6S2. The van der Waals surface area contributed by atoms with E-state index in [0.717, 1.165) is 16.9 Å². The maximum atomic E-state index is 12.8. The number of hydrogen-bond acceptors (Lipinski definition) is 6. The Bertz CT molecular complexity index is 1220. The van der Waals surface area contributed by atoms with Crippen molar-refractivity contribution in [1.82, 2.24) is 13.9 Å². The van der Waals surface area contributed by atoms with Gasteiger partial charge in [0, 0.05) is 38.3 Å². The van der Waals surface area contributed by atoms with Crippen molar-refractivity contribution in [3.63, 3.8) is 0 Å². The third kappa shape index (κ3) is 5.77. The van der Waals surface area contributed by atoms with Gasteiger partial charge >= 0.3 is 0 Å². The number of sulfonamides is 2. The highest BCUT2D eigenvalue weighted by Gasteiger charge is 2.27. The number of benzene rings is 2. The average Bonchev–Trinajstić information content (AvgIpc) is 2.83. The molecule has 1 N–H and O–H groups in total. The molecule has 0 saturated heterocycles. The van der Waals surface area contributed by atoms with Gasteiger partial charge in [0.1, 0.15) is 5.75 Å². The number of nitrogens with zero attached hydrogens (tertiary/aromatic N) is 2. The summed E-state index contributed by atoms with van der Waals surface area (Å²) in [5.74, 6) is 0.0630. The van der Waals surface area contributed by atoms with E-state index in [2.05, 4.69) is 5.32 Å². The van der Waals surface area contributed by atoms with Crippen LogP contribution in [-0.4, -0.2) is 70.4 Å². The fraction of sp³-hybridized carbons (Fsp3) is 0.435. The molecule has 0 unspecified atom stereocenters. The van der Waals surface area contributed by atoms with Crippen molar-refractivity contribution in [2.24, 2.45) is 0 Å². The summed E-state index contributed by atoms with van der Waals surface area (Å²) in [7, 11) is -5.57. The van der Waals surface area contributed by atoms with Gasteiger partial charge in [-0.2, -0.15) is 8.61 Å². The van der Waals surface area contributed by atoms with E-state index in [9.17, 15) is 21.6 Å². The Morgan fingerprint density at radius 2 is 1.71 bits per heavy atom. The number of rotatable bonds is 10. The third-order valence-corrected chi connectivity index (χ3v) is 9.77. The Morgan fingerprint density at radius 1 is 1.03 bits per heavy atom. The molecule has 0 aliphatic carbocycles. The van der Waals surface area contributed by atoms with Crippen LogP contribution in [0, 0.1) is 0 Å². The van der Waals surface area contributed by atoms with Crippen LogP contribution in [-0.2, 0) is 33.0 Å². The molecule has 0 saturated carbocycles. The second-order valence-electron chi connectivity index (χ2n) is 7.90. The molecule has 0 bridgehead atoms. The van der Waals surface area contributed by atoms with Crippen LogP contribution in [0.2, 0.25) is 0 Å². The zero-order chi connectivity index (χ0) is 24.9. The van der Waals surface area contributed by atoms with Gasteiger partial charge in [-0.05, 0) is 53.9 Å². The maximum Gasteiger partial charge on any atom is 0.251 e. The minimum absolute atomic E-state index is 0.0490. The predicted molar refractivity (Wildman–Crippen MR) is 130 cm³/mol. The van der Waals surface area contributed by atoms with Crippen LogP contribution in [0.4, 0.5) is 0 Å². The van der Waals surface area contributed by atoms with Crippen LogP contribution in [0.15, 0.2) is 47.4 Å². The number of carbonyl (C=O) groups excluding carboxylic acids is 1. The third-order valence-electron chi connectivity index (χ3n) is 5.89. The second-order valence-corrected chi connectivity index (χ2v) is 11.9. The van der Waals surface area contributed by atoms with Crippen LogP contribution >= 0.6 is 0 Å². The molecule has 1 heterocycles. The van der Waals surface area contributed by atoms with E-state index in [-0.39, 0.29) is 29.3 Å². The Labute approximate surface area is 201 Å². The van der Waals surface area contributed by atoms with Crippen LogP contribution in [0.25, 0.3) is 0 Å². The van der Waals surface area contributed by atoms with Gasteiger partial charge in [0.05, 0.1) is 17.8 Å². The molecule has 3 rings (SSSR count). The molecule has 0 atom stereocenters. The molecule has 1 aliphatic rings. The zero-order valence-electron chi connectivity index (χ0n) is 19.7. The molecule has 11 heteroatoms. The summed E-state index contributed by atoms with van der Waals surface area (Å²) in [6, 6.07) is 11.2. The molecule has 0 spiro atoms. The summed E-state index contributed by atoms with van der Waals surface area (Å²) >= 11 is 0. The van der Waals surface area contributed by atoms with Gasteiger partial charge in [-0.25, -0.2) is 16.8 Å². The first-order valence-corrected chi connectivity index (χ1v) is 14.2. The quantitative estimate of drug-likeness (QED) is 0.523. The van der Waals surface area contributed by atoms with E-state index in [1.54, 1.807) is 21.0 Å². The fourth-order valence-electron chi connectivity index (χ4n) is 3.88. The van der Waals surface area contributed by atoms with E-state index in [1.165, 1.54) is 32.9 Å². The molecule has 0 radical (unpaired) electrons. The first-order chi connectivity index (χ1) is 16.1. The van der Waals surface area contributed by atoms with Crippen LogP contribution < -0.4 is 10.1 Å². The average molecular weight is 510 g/mol.